The average molecular weight is 260 g/mol. The van der Waals surface area contributed by atoms with Crippen LogP contribution in [0.2, 0.25) is 19.6 Å². The molecule has 0 atom stereocenters. The molecule has 0 saturated carbocycles. The molecule has 0 unspecified atom stereocenters. The summed E-state index contributed by atoms with van der Waals surface area (Å²) in [6.07, 6.45) is 0. The van der Waals surface area contributed by atoms with Crippen molar-refractivity contribution in [1.82, 2.24) is 0 Å². The molecule has 13 heavy (non-hydrogen) atoms. The van der Waals surface area contributed by atoms with Gasteiger partial charge in [-0.25, -0.2) is 0 Å². The van der Waals surface area contributed by atoms with Gasteiger partial charge in [-0.1, -0.05) is 6.07 Å². The Hall–Kier alpha value is -0.483. The molecular weight excluding hydrogens is 246 g/mol. The van der Waals surface area contributed by atoms with E-state index < -0.39 is 8.32 Å². The maximum Gasteiger partial charge on any atom is 0.242 e. The van der Waals surface area contributed by atoms with Crippen molar-refractivity contribution in [2.45, 2.75) is 19.6 Å². The van der Waals surface area contributed by atoms with Crippen molar-refractivity contribution in [2.75, 3.05) is 5.73 Å². The molecule has 0 spiro atoms. The van der Waals surface area contributed by atoms with Crippen LogP contribution in [0, 0.1) is 0 Å². The fourth-order valence-corrected chi connectivity index (χ4v) is 2.39. The van der Waals surface area contributed by atoms with Crippen LogP contribution in [-0.2, 0) is 0 Å². The first-order valence-corrected chi connectivity index (χ1v) is 8.33. The summed E-state index contributed by atoms with van der Waals surface area (Å²) in [6, 6.07) is 5.68. The van der Waals surface area contributed by atoms with Crippen molar-refractivity contribution in [2.24, 2.45) is 0 Å². The van der Waals surface area contributed by atoms with E-state index in [1.54, 1.807) is 0 Å². The molecule has 2 nitrogen and oxygen atoms in total. The zero-order valence-corrected chi connectivity index (χ0v) is 10.7. The minimum absolute atomic E-state index is 0.691. The lowest BCUT2D eigenvalue weighted by Gasteiger charge is -2.21. The van der Waals surface area contributed by atoms with Crippen LogP contribution in [0.1, 0.15) is 0 Å². The Labute approximate surface area is 88.4 Å². The topological polar surface area (TPSA) is 35.2 Å². The van der Waals surface area contributed by atoms with E-state index >= 15 is 0 Å². The van der Waals surface area contributed by atoms with E-state index in [9.17, 15) is 0 Å². The molecule has 0 heterocycles. The molecule has 0 aliphatic carbocycles. The Morgan fingerprint density at radius 2 is 1.92 bits per heavy atom. The highest BCUT2D eigenvalue weighted by molar-refractivity contribution is 9.10. The third kappa shape index (κ3) is 3.04. The molecule has 0 aliphatic heterocycles. The van der Waals surface area contributed by atoms with E-state index in [0.717, 1.165) is 10.2 Å². The summed E-state index contributed by atoms with van der Waals surface area (Å²) in [7, 11) is -1.57. The normalized spacial score (nSPS) is 11.4. The van der Waals surface area contributed by atoms with Gasteiger partial charge in [0.2, 0.25) is 8.32 Å². The largest absolute Gasteiger partial charge is 0.542 e. The molecule has 0 amide bonds. The SMILES string of the molecule is C[Si](C)(C)Oc1c(N)cccc1Br. The average Bonchev–Trinajstić information content (AvgIpc) is 1.95. The van der Waals surface area contributed by atoms with E-state index in [4.69, 9.17) is 10.2 Å². The summed E-state index contributed by atoms with van der Waals surface area (Å²) in [5.41, 5.74) is 6.49. The fourth-order valence-electron chi connectivity index (χ4n) is 0.939. The van der Waals surface area contributed by atoms with Crippen LogP contribution >= 0.6 is 15.9 Å². The Morgan fingerprint density at radius 1 is 1.31 bits per heavy atom. The zero-order valence-electron chi connectivity index (χ0n) is 8.10. The minimum atomic E-state index is -1.57. The highest BCUT2D eigenvalue weighted by atomic mass is 79.9. The summed E-state index contributed by atoms with van der Waals surface area (Å²) in [5.74, 6) is 0.779. The number of anilines is 1. The molecule has 0 fully saturated rings. The number of halogens is 1. The molecule has 0 aromatic heterocycles. The van der Waals surface area contributed by atoms with Gasteiger partial charge in [0.05, 0.1) is 10.2 Å². The predicted octanol–water partition coefficient (Wildman–Crippen LogP) is 3.25. The molecule has 1 aromatic carbocycles. The Morgan fingerprint density at radius 3 is 2.38 bits per heavy atom. The second-order valence-corrected chi connectivity index (χ2v) is 9.16. The van der Waals surface area contributed by atoms with Crippen molar-refractivity contribution in [3.63, 3.8) is 0 Å². The van der Waals surface area contributed by atoms with Gasteiger partial charge >= 0.3 is 0 Å². The van der Waals surface area contributed by atoms with Gasteiger partial charge in [-0.2, -0.15) is 0 Å². The smallest absolute Gasteiger partial charge is 0.242 e. The van der Waals surface area contributed by atoms with Crippen molar-refractivity contribution in [1.29, 1.82) is 0 Å². The first kappa shape index (κ1) is 10.6. The Kier molecular flexibility index (Phi) is 3.03. The lowest BCUT2D eigenvalue weighted by atomic mass is 10.3. The van der Waals surface area contributed by atoms with E-state index in [0.29, 0.717) is 5.69 Å². The van der Waals surface area contributed by atoms with Crippen LogP contribution in [0.25, 0.3) is 0 Å². The van der Waals surface area contributed by atoms with Crippen LogP contribution in [0.3, 0.4) is 0 Å². The summed E-state index contributed by atoms with van der Waals surface area (Å²) >= 11 is 3.42. The summed E-state index contributed by atoms with van der Waals surface area (Å²) in [6.45, 7) is 6.39. The number of hydrogen-bond acceptors (Lipinski definition) is 2. The quantitative estimate of drug-likeness (QED) is 0.654. The number of hydrogen-bond donors (Lipinski definition) is 1. The van der Waals surface area contributed by atoms with E-state index in [1.165, 1.54) is 0 Å². The maximum atomic E-state index is 5.83. The number of para-hydroxylation sites is 1. The summed E-state index contributed by atoms with van der Waals surface area (Å²) in [5, 5.41) is 0. The second kappa shape index (κ2) is 3.72. The monoisotopic (exact) mass is 259 g/mol. The van der Waals surface area contributed by atoms with Gasteiger partial charge in [-0.15, -0.1) is 0 Å². The minimum Gasteiger partial charge on any atom is -0.542 e. The van der Waals surface area contributed by atoms with Gasteiger partial charge in [0.1, 0.15) is 5.75 Å². The number of nitrogen functional groups attached to an aromatic ring is 1. The number of rotatable bonds is 2. The summed E-state index contributed by atoms with van der Waals surface area (Å²) in [4.78, 5) is 0. The Balaban J connectivity index is 3.00. The van der Waals surface area contributed by atoms with Crippen molar-refractivity contribution < 1.29 is 4.43 Å². The maximum absolute atomic E-state index is 5.83. The van der Waals surface area contributed by atoms with Crippen molar-refractivity contribution in [3.05, 3.63) is 22.7 Å². The van der Waals surface area contributed by atoms with E-state index in [-0.39, 0.29) is 0 Å². The molecular formula is C9H14BrNOSi. The van der Waals surface area contributed by atoms with Gasteiger partial charge in [0.25, 0.3) is 0 Å². The van der Waals surface area contributed by atoms with Crippen LogP contribution in [0.4, 0.5) is 5.69 Å². The third-order valence-corrected chi connectivity index (χ3v) is 2.85. The molecule has 1 rings (SSSR count). The van der Waals surface area contributed by atoms with Crippen LogP contribution < -0.4 is 10.2 Å². The first-order valence-electron chi connectivity index (χ1n) is 4.13. The lowest BCUT2D eigenvalue weighted by Crippen LogP contribution is -2.29. The predicted molar refractivity (Wildman–Crippen MR) is 62.5 cm³/mol. The first-order chi connectivity index (χ1) is 5.90. The van der Waals surface area contributed by atoms with Gasteiger partial charge in [0, 0.05) is 0 Å². The third-order valence-electron chi connectivity index (χ3n) is 1.41. The molecule has 4 heteroatoms. The summed E-state index contributed by atoms with van der Waals surface area (Å²) < 4.78 is 6.76. The Bertz CT molecular complexity index is 289. The van der Waals surface area contributed by atoms with Crippen LogP contribution in [-0.4, -0.2) is 8.32 Å². The van der Waals surface area contributed by atoms with Gasteiger partial charge < -0.3 is 10.2 Å². The lowest BCUT2D eigenvalue weighted by molar-refractivity contribution is 0.557. The number of benzene rings is 1. The van der Waals surface area contributed by atoms with Crippen LogP contribution in [0.15, 0.2) is 22.7 Å². The number of nitrogens with two attached hydrogens (primary N) is 1. The fraction of sp³-hybridized carbons (Fsp3) is 0.333. The van der Waals surface area contributed by atoms with Crippen molar-refractivity contribution in [3.8, 4) is 5.75 Å². The van der Waals surface area contributed by atoms with E-state index in [2.05, 4.69) is 35.6 Å². The zero-order chi connectivity index (χ0) is 10.1. The molecule has 1 aromatic rings. The van der Waals surface area contributed by atoms with Gasteiger partial charge in [-0.3, -0.25) is 0 Å². The molecule has 0 radical (unpaired) electrons. The molecule has 0 bridgehead atoms. The molecule has 0 aliphatic rings. The van der Waals surface area contributed by atoms with Gasteiger partial charge in [-0.05, 0) is 47.7 Å². The standard InChI is InChI=1S/C9H14BrNOSi/c1-13(2,3)12-9-7(10)5-4-6-8(9)11/h4-6H,11H2,1-3H3. The van der Waals surface area contributed by atoms with Crippen LogP contribution in [0.5, 0.6) is 5.75 Å². The van der Waals surface area contributed by atoms with Crippen molar-refractivity contribution >= 4 is 29.9 Å². The highest BCUT2D eigenvalue weighted by Gasteiger charge is 2.19. The highest BCUT2D eigenvalue weighted by Crippen LogP contribution is 2.32. The second-order valence-electron chi connectivity index (χ2n) is 3.87. The molecule has 0 saturated heterocycles. The molecule has 72 valence electrons. The van der Waals surface area contributed by atoms with Gasteiger partial charge in [0.15, 0.2) is 0 Å². The van der Waals surface area contributed by atoms with E-state index in [1.807, 2.05) is 18.2 Å². The molecule has 2 N–H and O–H groups in total.